The molecule has 0 aromatic heterocycles. The van der Waals surface area contributed by atoms with E-state index in [1.807, 2.05) is 0 Å². The summed E-state index contributed by atoms with van der Waals surface area (Å²) in [4.78, 5) is 20.6. The van der Waals surface area contributed by atoms with Crippen LogP contribution in [0.1, 0.15) is 13.8 Å². The molecule has 0 spiro atoms. The Morgan fingerprint density at radius 3 is 1.61 bits per heavy atom. The van der Waals surface area contributed by atoms with Gasteiger partial charge in [-0.05, 0) is 13.8 Å². The van der Waals surface area contributed by atoms with Gasteiger partial charge >= 0.3 is 11.9 Å². The molecule has 0 radical (unpaired) electrons. The number of carbonyl (C=O) groups excluding carboxylic acids is 2. The van der Waals surface area contributed by atoms with Gasteiger partial charge in [-0.25, -0.2) is 9.59 Å². The van der Waals surface area contributed by atoms with Gasteiger partial charge < -0.3 is 14.6 Å². The fraction of sp³-hybridized carbons (Fsp3) is 0.778. The van der Waals surface area contributed by atoms with E-state index in [2.05, 4.69) is 13.7 Å². The number of esters is 2. The van der Waals surface area contributed by atoms with Gasteiger partial charge in [0.25, 0.3) is 10.1 Å². The number of rotatable bonds is 4. The standard InChI is InChI=1S/C5H10O5S.C4H8O3/c1-4(5(6)9-2)10-11(3,7)8;1-3(5)4(6)7-2/h4H,1-3H3;3,5H,1-2H3/t;3-/m.0/s1. The highest BCUT2D eigenvalue weighted by molar-refractivity contribution is 7.86. The minimum absolute atomic E-state index is 0.597. The Bertz CT molecular complexity index is 359. The minimum Gasteiger partial charge on any atom is -0.467 e. The Morgan fingerprint density at radius 1 is 1.06 bits per heavy atom. The molecule has 0 rings (SSSR count). The lowest BCUT2D eigenvalue weighted by atomic mass is 10.4. The van der Waals surface area contributed by atoms with Gasteiger partial charge in [0, 0.05) is 0 Å². The summed E-state index contributed by atoms with van der Waals surface area (Å²) in [6.45, 7) is 2.65. The fourth-order valence-corrected chi connectivity index (χ4v) is 1.24. The Kier molecular flexibility index (Phi) is 9.40. The predicted molar refractivity (Wildman–Crippen MR) is 61.1 cm³/mol. The first-order chi connectivity index (χ1) is 8.05. The number of ether oxygens (including phenoxy) is 2. The van der Waals surface area contributed by atoms with E-state index < -0.39 is 34.3 Å². The number of hydrogen-bond acceptors (Lipinski definition) is 8. The molecule has 0 aliphatic carbocycles. The molecule has 0 saturated carbocycles. The van der Waals surface area contributed by atoms with Crippen molar-refractivity contribution in [2.24, 2.45) is 0 Å². The van der Waals surface area contributed by atoms with Gasteiger partial charge in [0.1, 0.15) is 6.10 Å². The summed E-state index contributed by atoms with van der Waals surface area (Å²) in [5, 5.41) is 8.35. The van der Waals surface area contributed by atoms with Crippen LogP contribution in [0.5, 0.6) is 0 Å². The highest BCUT2D eigenvalue weighted by atomic mass is 32.2. The Labute approximate surface area is 106 Å². The van der Waals surface area contributed by atoms with Crippen LogP contribution in [0.4, 0.5) is 0 Å². The molecule has 9 heteroatoms. The predicted octanol–water partition coefficient (Wildman–Crippen LogP) is -0.936. The number of carbonyl (C=O) groups is 2. The first kappa shape index (κ1) is 19.2. The molecule has 0 heterocycles. The second kappa shape index (κ2) is 8.84. The third-order valence-electron chi connectivity index (χ3n) is 1.39. The summed E-state index contributed by atoms with van der Waals surface area (Å²) in [7, 11) is -1.19. The maximum absolute atomic E-state index is 10.6. The quantitative estimate of drug-likeness (QED) is 0.520. The summed E-state index contributed by atoms with van der Waals surface area (Å²) < 4.78 is 33.5. The highest BCUT2D eigenvalue weighted by Crippen LogP contribution is 1.98. The summed E-state index contributed by atoms with van der Waals surface area (Å²) in [6.07, 6.45) is -1.20. The second-order valence-corrected chi connectivity index (χ2v) is 4.77. The van der Waals surface area contributed by atoms with Gasteiger partial charge in [-0.2, -0.15) is 8.42 Å². The van der Waals surface area contributed by atoms with Gasteiger partial charge in [0.05, 0.1) is 20.5 Å². The van der Waals surface area contributed by atoms with E-state index in [9.17, 15) is 18.0 Å². The van der Waals surface area contributed by atoms with E-state index in [0.29, 0.717) is 0 Å². The van der Waals surface area contributed by atoms with Crippen LogP contribution in [0.15, 0.2) is 0 Å². The molecule has 1 N–H and O–H groups in total. The van der Waals surface area contributed by atoms with Crippen molar-refractivity contribution in [3.8, 4) is 0 Å². The molecule has 2 atom stereocenters. The minimum atomic E-state index is -3.58. The Hall–Kier alpha value is -1.19. The van der Waals surface area contributed by atoms with Crippen molar-refractivity contribution in [2.45, 2.75) is 26.1 Å². The third-order valence-corrected chi connectivity index (χ3v) is 2.03. The van der Waals surface area contributed by atoms with Crippen molar-refractivity contribution in [1.29, 1.82) is 0 Å². The number of aliphatic hydroxyl groups excluding tert-OH is 1. The molecular weight excluding hydrogens is 268 g/mol. The zero-order valence-corrected chi connectivity index (χ0v) is 11.7. The molecule has 0 aromatic carbocycles. The van der Waals surface area contributed by atoms with Crippen molar-refractivity contribution < 1.29 is 36.8 Å². The summed E-state index contributed by atoms with van der Waals surface area (Å²) in [5.41, 5.74) is 0. The van der Waals surface area contributed by atoms with Crippen molar-refractivity contribution in [3.63, 3.8) is 0 Å². The molecule has 108 valence electrons. The van der Waals surface area contributed by atoms with Crippen LogP contribution < -0.4 is 0 Å². The van der Waals surface area contributed by atoms with Crippen LogP contribution in [0.3, 0.4) is 0 Å². The van der Waals surface area contributed by atoms with Crippen molar-refractivity contribution in [1.82, 2.24) is 0 Å². The van der Waals surface area contributed by atoms with Crippen LogP contribution in [-0.4, -0.2) is 58.1 Å². The average Bonchev–Trinajstić information content (AvgIpc) is 2.25. The molecule has 0 aliphatic rings. The third kappa shape index (κ3) is 11.3. The zero-order valence-electron chi connectivity index (χ0n) is 10.9. The molecule has 0 bridgehead atoms. The largest absolute Gasteiger partial charge is 0.467 e. The van der Waals surface area contributed by atoms with Crippen LogP contribution in [0.25, 0.3) is 0 Å². The molecule has 0 saturated heterocycles. The molecule has 0 amide bonds. The molecular formula is C9H18O8S. The SMILES string of the molecule is COC(=O)C(C)OS(C)(=O)=O.COC(=O)[C@H](C)O. The van der Waals surface area contributed by atoms with E-state index in [1.54, 1.807) is 0 Å². The molecule has 8 nitrogen and oxygen atoms in total. The fourth-order valence-electron chi connectivity index (χ4n) is 0.638. The number of methoxy groups -OCH3 is 2. The smallest absolute Gasteiger partial charge is 0.336 e. The molecule has 1 unspecified atom stereocenters. The van der Waals surface area contributed by atoms with Crippen LogP contribution in [0, 0.1) is 0 Å². The van der Waals surface area contributed by atoms with E-state index in [4.69, 9.17) is 5.11 Å². The van der Waals surface area contributed by atoms with Gasteiger partial charge in [-0.1, -0.05) is 0 Å². The molecule has 18 heavy (non-hydrogen) atoms. The van der Waals surface area contributed by atoms with Crippen LogP contribution in [-0.2, 0) is 33.4 Å². The van der Waals surface area contributed by atoms with Crippen molar-refractivity contribution in [3.05, 3.63) is 0 Å². The van der Waals surface area contributed by atoms with E-state index in [0.717, 1.165) is 13.4 Å². The first-order valence-corrected chi connectivity index (χ1v) is 6.58. The van der Waals surface area contributed by atoms with Crippen molar-refractivity contribution in [2.75, 3.05) is 20.5 Å². The summed E-state index contributed by atoms with van der Waals surface area (Å²) in [5.74, 6) is -1.31. The maximum Gasteiger partial charge on any atom is 0.336 e. The second-order valence-electron chi connectivity index (χ2n) is 3.16. The van der Waals surface area contributed by atoms with E-state index >= 15 is 0 Å². The van der Waals surface area contributed by atoms with Crippen LogP contribution in [0.2, 0.25) is 0 Å². The lowest BCUT2D eigenvalue weighted by molar-refractivity contribution is -0.149. The molecule has 0 fully saturated rings. The lowest BCUT2D eigenvalue weighted by Gasteiger charge is -2.07. The lowest BCUT2D eigenvalue weighted by Crippen LogP contribution is -2.24. The van der Waals surface area contributed by atoms with Gasteiger partial charge in [-0.3, -0.25) is 4.18 Å². The van der Waals surface area contributed by atoms with Gasteiger partial charge in [0.15, 0.2) is 6.10 Å². The zero-order chi connectivity index (χ0) is 14.9. The van der Waals surface area contributed by atoms with Gasteiger partial charge in [0.2, 0.25) is 0 Å². The Morgan fingerprint density at radius 2 is 1.44 bits per heavy atom. The first-order valence-electron chi connectivity index (χ1n) is 4.77. The molecule has 0 aromatic rings. The number of aliphatic hydroxyl groups is 1. The van der Waals surface area contributed by atoms with E-state index in [-0.39, 0.29) is 0 Å². The van der Waals surface area contributed by atoms with Crippen molar-refractivity contribution >= 4 is 22.1 Å². The van der Waals surface area contributed by atoms with E-state index in [1.165, 1.54) is 21.0 Å². The highest BCUT2D eigenvalue weighted by Gasteiger charge is 2.18. The maximum atomic E-state index is 10.6. The topological polar surface area (TPSA) is 116 Å². The Balaban J connectivity index is 0. The summed E-state index contributed by atoms with van der Waals surface area (Å²) in [6, 6.07) is 0. The van der Waals surface area contributed by atoms with Crippen LogP contribution >= 0.6 is 0 Å². The normalized spacial score (nSPS) is 13.7. The molecule has 0 aliphatic heterocycles. The average molecular weight is 286 g/mol. The summed E-state index contributed by atoms with van der Waals surface area (Å²) >= 11 is 0. The number of hydrogen-bond donors (Lipinski definition) is 1. The monoisotopic (exact) mass is 286 g/mol. The van der Waals surface area contributed by atoms with Gasteiger partial charge in [-0.15, -0.1) is 0 Å².